The lowest BCUT2D eigenvalue weighted by Crippen LogP contribution is -2.48. The summed E-state index contributed by atoms with van der Waals surface area (Å²) in [5, 5.41) is 15.7. The SMILES string of the molecule is CC(=O)NCC1CN(c2ccc(N3CCC(n4nnc(N5CCN(C(C)=O)CC5)n4)CC3)c(F)c2)C(=O)O1. The van der Waals surface area contributed by atoms with Crippen LogP contribution in [0.5, 0.6) is 0 Å². The number of carbonyl (C=O) groups excluding carboxylic acids is 3. The highest BCUT2D eigenvalue weighted by Gasteiger charge is 2.33. The van der Waals surface area contributed by atoms with E-state index in [1.54, 1.807) is 23.9 Å². The van der Waals surface area contributed by atoms with E-state index < -0.39 is 18.0 Å². The van der Waals surface area contributed by atoms with E-state index in [4.69, 9.17) is 4.74 Å². The summed E-state index contributed by atoms with van der Waals surface area (Å²) in [5.74, 6) is 0.0230. The summed E-state index contributed by atoms with van der Waals surface area (Å²) < 4.78 is 20.4. The van der Waals surface area contributed by atoms with Gasteiger partial charge in [0.05, 0.1) is 30.5 Å². The standard InChI is InChI=1S/C24H32FN9O4/c1-16(35)26-14-20-15-33(24(37)38-20)19-3-4-22(21(25)13-19)31-7-5-18(6-8-31)34-28-23(27-29-34)32-11-9-30(10-12-32)17(2)36/h3-4,13,18,20H,5-12,14-15H2,1-2H3,(H,26,35). The number of cyclic esters (lactones) is 1. The van der Waals surface area contributed by atoms with Crippen LogP contribution in [0.1, 0.15) is 32.7 Å². The maximum atomic E-state index is 15.1. The zero-order valence-corrected chi connectivity index (χ0v) is 21.5. The van der Waals surface area contributed by atoms with Crippen molar-refractivity contribution >= 4 is 35.2 Å². The number of tetrazole rings is 1. The number of benzene rings is 1. The monoisotopic (exact) mass is 529 g/mol. The van der Waals surface area contributed by atoms with Gasteiger partial charge in [-0.1, -0.05) is 5.10 Å². The van der Waals surface area contributed by atoms with E-state index in [0.29, 0.717) is 56.6 Å². The molecule has 0 saturated carbocycles. The molecule has 3 saturated heterocycles. The molecule has 0 radical (unpaired) electrons. The third kappa shape index (κ3) is 5.48. The fourth-order valence-electron chi connectivity index (χ4n) is 5.07. The highest BCUT2D eigenvalue weighted by atomic mass is 19.1. The van der Waals surface area contributed by atoms with Crippen LogP contribution in [-0.4, -0.2) is 101 Å². The quantitative estimate of drug-likeness (QED) is 0.577. The zero-order chi connectivity index (χ0) is 26.8. The van der Waals surface area contributed by atoms with Gasteiger partial charge in [0.1, 0.15) is 11.9 Å². The summed E-state index contributed by atoms with van der Waals surface area (Å²) in [6, 6.07) is 4.81. The van der Waals surface area contributed by atoms with E-state index in [1.807, 2.05) is 14.7 Å². The second-order valence-electron chi connectivity index (χ2n) is 9.81. The summed E-state index contributed by atoms with van der Waals surface area (Å²) in [6.45, 7) is 7.30. The predicted octanol–water partition coefficient (Wildman–Crippen LogP) is 0.784. The Labute approximate surface area is 219 Å². The number of piperidine rings is 1. The van der Waals surface area contributed by atoms with Crippen molar-refractivity contribution in [3.8, 4) is 0 Å². The third-order valence-corrected chi connectivity index (χ3v) is 7.25. The summed E-state index contributed by atoms with van der Waals surface area (Å²) in [4.78, 5) is 43.8. The normalized spacial score (nSPS) is 20.6. The number of hydrogen-bond donors (Lipinski definition) is 1. The molecule has 1 aromatic heterocycles. The lowest BCUT2D eigenvalue weighted by Gasteiger charge is -2.34. The van der Waals surface area contributed by atoms with Crippen molar-refractivity contribution in [2.75, 3.05) is 67.1 Å². The van der Waals surface area contributed by atoms with E-state index in [-0.39, 0.29) is 30.9 Å². The van der Waals surface area contributed by atoms with Crippen molar-refractivity contribution in [1.29, 1.82) is 0 Å². The van der Waals surface area contributed by atoms with Crippen LogP contribution in [0.25, 0.3) is 0 Å². The van der Waals surface area contributed by atoms with E-state index in [9.17, 15) is 14.4 Å². The van der Waals surface area contributed by atoms with Crippen molar-refractivity contribution in [1.82, 2.24) is 30.4 Å². The maximum absolute atomic E-state index is 15.1. The number of ether oxygens (including phenoxy) is 1. The largest absolute Gasteiger partial charge is 0.442 e. The Bertz CT molecular complexity index is 1190. The van der Waals surface area contributed by atoms with Crippen LogP contribution in [0.4, 0.5) is 26.5 Å². The van der Waals surface area contributed by atoms with Gasteiger partial charge in [-0.25, -0.2) is 9.18 Å². The van der Waals surface area contributed by atoms with E-state index in [2.05, 4.69) is 20.7 Å². The molecule has 2 aromatic rings. The Kier molecular flexibility index (Phi) is 7.29. The van der Waals surface area contributed by atoms with Crippen LogP contribution in [0.2, 0.25) is 0 Å². The summed E-state index contributed by atoms with van der Waals surface area (Å²) in [5.41, 5.74) is 0.894. The van der Waals surface area contributed by atoms with Crippen LogP contribution >= 0.6 is 0 Å². The molecule has 0 spiro atoms. The molecule has 0 bridgehead atoms. The highest BCUT2D eigenvalue weighted by molar-refractivity contribution is 5.90. The van der Waals surface area contributed by atoms with Crippen molar-refractivity contribution in [3.05, 3.63) is 24.0 Å². The number of carbonyl (C=O) groups is 3. The first-order valence-corrected chi connectivity index (χ1v) is 12.9. The number of nitrogens with zero attached hydrogens (tertiary/aromatic N) is 8. The number of amides is 3. The molecule has 3 aliphatic heterocycles. The first-order chi connectivity index (χ1) is 18.3. The molecule has 3 amide bonds. The Morgan fingerprint density at radius 1 is 1.08 bits per heavy atom. The average molecular weight is 530 g/mol. The van der Waals surface area contributed by atoms with E-state index in [1.165, 1.54) is 17.9 Å². The minimum atomic E-state index is -0.561. The van der Waals surface area contributed by atoms with Crippen molar-refractivity contribution in [3.63, 3.8) is 0 Å². The number of anilines is 3. The molecule has 14 heteroatoms. The molecule has 13 nitrogen and oxygen atoms in total. The van der Waals surface area contributed by atoms with Gasteiger partial charge in [-0.05, 0) is 36.3 Å². The van der Waals surface area contributed by atoms with Crippen LogP contribution in [-0.2, 0) is 14.3 Å². The van der Waals surface area contributed by atoms with Gasteiger partial charge in [-0.15, -0.1) is 5.10 Å². The van der Waals surface area contributed by atoms with Crippen LogP contribution in [0.3, 0.4) is 0 Å². The van der Waals surface area contributed by atoms with E-state index >= 15 is 4.39 Å². The molecule has 1 unspecified atom stereocenters. The lowest BCUT2D eigenvalue weighted by atomic mass is 10.0. The zero-order valence-electron chi connectivity index (χ0n) is 21.5. The molecule has 1 atom stereocenters. The number of aromatic nitrogens is 4. The number of halogens is 1. The third-order valence-electron chi connectivity index (χ3n) is 7.25. The van der Waals surface area contributed by atoms with Crippen molar-refractivity contribution in [2.24, 2.45) is 0 Å². The summed E-state index contributed by atoms with van der Waals surface area (Å²) in [7, 11) is 0. The molecule has 0 aliphatic carbocycles. The number of piperazine rings is 1. The molecular formula is C24H32FN9O4. The van der Waals surface area contributed by atoms with Crippen LogP contribution < -0.4 is 20.0 Å². The van der Waals surface area contributed by atoms with Gasteiger partial charge >= 0.3 is 6.09 Å². The highest BCUT2D eigenvalue weighted by Crippen LogP contribution is 2.31. The molecule has 1 N–H and O–H groups in total. The maximum Gasteiger partial charge on any atom is 0.414 e. The first kappa shape index (κ1) is 25.7. The minimum Gasteiger partial charge on any atom is -0.442 e. The Balaban J connectivity index is 1.15. The molecule has 204 valence electrons. The second-order valence-corrected chi connectivity index (χ2v) is 9.81. The molecule has 38 heavy (non-hydrogen) atoms. The Hall–Kier alpha value is -3.97. The topological polar surface area (TPSA) is 129 Å². The molecule has 3 fully saturated rings. The van der Waals surface area contributed by atoms with Crippen molar-refractivity contribution < 1.29 is 23.5 Å². The average Bonchev–Trinajstić information content (AvgIpc) is 3.55. The minimum absolute atomic E-state index is 0.0632. The van der Waals surface area contributed by atoms with Gasteiger partial charge < -0.3 is 24.8 Å². The van der Waals surface area contributed by atoms with Gasteiger partial charge in [0.15, 0.2) is 0 Å². The van der Waals surface area contributed by atoms with Gasteiger partial charge in [-0.3, -0.25) is 14.5 Å². The van der Waals surface area contributed by atoms with Gasteiger partial charge in [0.25, 0.3) is 5.95 Å². The van der Waals surface area contributed by atoms with Crippen LogP contribution in [0, 0.1) is 5.82 Å². The van der Waals surface area contributed by atoms with E-state index in [0.717, 1.165) is 12.8 Å². The second kappa shape index (κ2) is 10.8. The number of nitrogens with one attached hydrogen (secondary N) is 1. The first-order valence-electron chi connectivity index (χ1n) is 12.9. The van der Waals surface area contributed by atoms with Crippen LogP contribution in [0.15, 0.2) is 18.2 Å². The molecule has 5 rings (SSSR count). The van der Waals surface area contributed by atoms with Crippen molar-refractivity contribution in [2.45, 2.75) is 38.8 Å². The Morgan fingerprint density at radius 3 is 2.47 bits per heavy atom. The molecule has 4 heterocycles. The summed E-state index contributed by atoms with van der Waals surface area (Å²) >= 11 is 0. The van der Waals surface area contributed by atoms with Gasteiger partial charge in [-0.2, -0.15) is 4.80 Å². The Morgan fingerprint density at radius 2 is 1.82 bits per heavy atom. The predicted molar refractivity (Wildman–Crippen MR) is 135 cm³/mol. The van der Waals surface area contributed by atoms with Gasteiger partial charge in [0, 0.05) is 53.1 Å². The number of hydrogen-bond acceptors (Lipinski definition) is 9. The molecular weight excluding hydrogens is 497 g/mol. The fraction of sp³-hybridized carbons (Fsp3) is 0.583. The smallest absolute Gasteiger partial charge is 0.414 e. The van der Waals surface area contributed by atoms with Gasteiger partial charge in [0.2, 0.25) is 11.8 Å². The fourth-order valence-corrected chi connectivity index (χ4v) is 5.07. The molecule has 1 aromatic carbocycles. The number of rotatable bonds is 6. The molecule has 3 aliphatic rings. The lowest BCUT2D eigenvalue weighted by molar-refractivity contribution is -0.129. The summed E-state index contributed by atoms with van der Waals surface area (Å²) in [6.07, 6.45) is 0.425.